The topological polar surface area (TPSA) is 71.1 Å². The number of anilines is 2. The van der Waals surface area contributed by atoms with Crippen LogP contribution in [-0.2, 0) is 11.2 Å². The molecule has 1 aliphatic rings. The molecule has 3 aromatic carbocycles. The molecule has 1 aromatic heterocycles. The lowest BCUT2D eigenvalue weighted by Crippen LogP contribution is -2.15. The molecule has 1 aliphatic carbocycles. The Hall–Kier alpha value is -3.22. The van der Waals surface area contributed by atoms with Crippen molar-refractivity contribution in [3.63, 3.8) is 0 Å². The van der Waals surface area contributed by atoms with Crippen molar-refractivity contribution >= 4 is 55.8 Å². The minimum Gasteiger partial charge on any atom is -0.320 e. The first-order valence-electron chi connectivity index (χ1n) is 10.8. The van der Waals surface area contributed by atoms with E-state index < -0.39 is 0 Å². The summed E-state index contributed by atoms with van der Waals surface area (Å²) in [4.78, 5) is 30.0. The average Bonchev–Trinajstić information content (AvgIpc) is 3.45. The number of thiazole rings is 1. The van der Waals surface area contributed by atoms with Crippen LogP contribution in [0.15, 0.2) is 66.7 Å². The number of amides is 2. The SMILES string of the molecule is Cc1cccc(Cl)c1NC(=O)c1ccc2nc(NC(=O)C3CC3Cc3ccccc3)sc2c1. The van der Waals surface area contributed by atoms with Gasteiger partial charge >= 0.3 is 0 Å². The predicted octanol–water partition coefficient (Wildman–Crippen LogP) is 6.33. The van der Waals surface area contributed by atoms with E-state index in [0.717, 1.165) is 28.6 Å². The number of benzene rings is 3. The second-order valence-corrected chi connectivity index (χ2v) is 9.81. The summed E-state index contributed by atoms with van der Waals surface area (Å²) in [6.45, 7) is 1.90. The summed E-state index contributed by atoms with van der Waals surface area (Å²) in [5.41, 5.74) is 4.02. The van der Waals surface area contributed by atoms with Crippen LogP contribution in [0.1, 0.15) is 27.9 Å². The minimum absolute atomic E-state index is 0.0159. The van der Waals surface area contributed by atoms with Crippen molar-refractivity contribution in [2.24, 2.45) is 11.8 Å². The second kappa shape index (κ2) is 8.96. The van der Waals surface area contributed by atoms with Crippen LogP contribution in [-0.4, -0.2) is 16.8 Å². The lowest BCUT2D eigenvalue weighted by atomic mass is 10.1. The first-order chi connectivity index (χ1) is 16.0. The fourth-order valence-corrected chi connectivity index (χ4v) is 5.18. The van der Waals surface area contributed by atoms with E-state index in [1.165, 1.54) is 16.9 Å². The van der Waals surface area contributed by atoms with E-state index in [0.29, 0.717) is 27.3 Å². The largest absolute Gasteiger partial charge is 0.320 e. The van der Waals surface area contributed by atoms with E-state index in [1.54, 1.807) is 24.3 Å². The summed E-state index contributed by atoms with van der Waals surface area (Å²) >= 11 is 7.60. The van der Waals surface area contributed by atoms with Crippen molar-refractivity contribution in [1.29, 1.82) is 0 Å². The molecule has 1 fully saturated rings. The molecule has 33 heavy (non-hydrogen) atoms. The highest BCUT2D eigenvalue weighted by Crippen LogP contribution is 2.42. The molecule has 0 aliphatic heterocycles. The van der Waals surface area contributed by atoms with Gasteiger partial charge in [-0.2, -0.15) is 0 Å². The van der Waals surface area contributed by atoms with Gasteiger partial charge in [0.25, 0.3) is 5.91 Å². The molecule has 2 amide bonds. The number of aryl methyl sites for hydroxylation is 1. The van der Waals surface area contributed by atoms with E-state index in [1.807, 2.05) is 37.3 Å². The second-order valence-electron chi connectivity index (χ2n) is 8.37. The predicted molar refractivity (Wildman–Crippen MR) is 134 cm³/mol. The Labute approximate surface area is 200 Å². The van der Waals surface area contributed by atoms with Gasteiger partial charge in [-0.3, -0.25) is 9.59 Å². The minimum atomic E-state index is -0.242. The summed E-state index contributed by atoms with van der Waals surface area (Å²) in [6, 6.07) is 21.1. The van der Waals surface area contributed by atoms with Crippen LogP contribution in [0.3, 0.4) is 0 Å². The molecule has 166 valence electrons. The third-order valence-corrected chi connectivity index (χ3v) is 7.19. The molecule has 0 spiro atoms. The van der Waals surface area contributed by atoms with E-state index in [-0.39, 0.29) is 17.7 Å². The van der Waals surface area contributed by atoms with Gasteiger partial charge in [0.1, 0.15) is 0 Å². The number of carbonyl (C=O) groups excluding carboxylic acids is 2. The Bertz CT molecular complexity index is 1330. The van der Waals surface area contributed by atoms with Gasteiger partial charge in [-0.1, -0.05) is 65.4 Å². The van der Waals surface area contributed by atoms with E-state index in [2.05, 4.69) is 27.8 Å². The van der Waals surface area contributed by atoms with E-state index in [4.69, 9.17) is 11.6 Å². The lowest BCUT2D eigenvalue weighted by Gasteiger charge is -2.10. The molecule has 0 bridgehead atoms. The van der Waals surface area contributed by atoms with Crippen LogP contribution in [0.25, 0.3) is 10.2 Å². The molecule has 2 N–H and O–H groups in total. The van der Waals surface area contributed by atoms with Gasteiger partial charge in [-0.25, -0.2) is 4.98 Å². The first kappa shape index (κ1) is 21.6. The third-order valence-electron chi connectivity index (χ3n) is 5.94. The maximum Gasteiger partial charge on any atom is 0.255 e. The molecule has 5 nitrogen and oxygen atoms in total. The van der Waals surface area contributed by atoms with Crippen LogP contribution in [0, 0.1) is 18.8 Å². The summed E-state index contributed by atoms with van der Waals surface area (Å²) in [5.74, 6) is 0.179. The number of nitrogens with zero attached hydrogens (tertiary/aromatic N) is 1. The highest BCUT2D eigenvalue weighted by Gasteiger charge is 2.42. The fourth-order valence-electron chi connectivity index (χ4n) is 4.00. The Morgan fingerprint density at radius 1 is 1.06 bits per heavy atom. The average molecular weight is 476 g/mol. The van der Waals surface area contributed by atoms with Gasteiger partial charge in [-0.15, -0.1) is 0 Å². The van der Waals surface area contributed by atoms with Crippen molar-refractivity contribution in [3.8, 4) is 0 Å². The zero-order valence-electron chi connectivity index (χ0n) is 18.0. The van der Waals surface area contributed by atoms with E-state index >= 15 is 0 Å². The molecular formula is C26H22ClN3O2S. The van der Waals surface area contributed by atoms with Gasteiger partial charge in [-0.05, 0) is 61.1 Å². The van der Waals surface area contributed by atoms with Gasteiger partial charge in [0, 0.05) is 11.5 Å². The molecule has 2 unspecified atom stereocenters. The molecule has 0 radical (unpaired) electrons. The lowest BCUT2D eigenvalue weighted by molar-refractivity contribution is -0.117. The molecule has 0 saturated heterocycles. The van der Waals surface area contributed by atoms with Crippen LogP contribution in [0.5, 0.6) is 0 Å². The standard InChI is InChI=1S/C26H22ClN3O2S/c1-15-6-5-9-20(27)23(15)29-24(31)17-10-11-21-22(14-17)33-26(28-21)30-25(32)19-13-18(19)12-16-7-3-2-4-8-16/h2-11,14,18-19H,12-13H2,1H3,(H,29,31)(H,28,30,32). The molecule has 2 atom stereocenters. The number of para-hydroxylation sites is 1. The van der Waals surface area contributed by atoms with Crippen LogP contribution in [0.2, 0.25) is 5.02 Å². The number of halogens is 1. The first-order valence-corrected chi connectivity index (χ1v) is 12.0. The highest BCUT2D eigenvalue weighted by atomic mass is 35.5. The van der Waals surface area contributed by atoms with Crippen LogP contribution in [0.4, 0.5) is 10.8 Å². The zero-order valence-corrected chi connectivity index (χ0v) is 19.5. The van der Waals surface area contributed by atoms with Crippen LogP contribution >= 0.6 is 22.9 Å². The number of hydrogen-bond acceptors (Lipinski definition) is 4. The van der Waals surface area contributed by atoms with Crippen molar-refractivity contribution in [2.75, 3.05) is 10.6 Å². The van der Waals surface area contributed by atoms with Gasteiger partial charge in [0.15, 0.2) is 5.13 Å². The Morgan fingerprint density at radius 2 is 1.88 bits per heavy atom. The molecule has 7 heteroatoms. The molecule has 1 heterocycles. The van der Waals surface area contributed by atoms with Crippen molar-refractivity contribution in [2.45, 2.75) is 19.8 Å². The third kappa shape index (κ3) is 4.77. The fraction of sp³-hybridized carbons (Fsp3) is 0.192. The Balaban J connectivity index is 1.25. The number of fused-ring (bicyclic) bond motifs is 1. The van der Waals surface area contributed by atoms with Gasteiger partial charge in [0.2, 0.25) is 5.91 Å². The normalized spacial score (nSPS) is 17.0. The van der Waals surface area contributed by atoms with Gasteiger partial charge in [0.05, 0.1) is 20.9 Å². The number of carbonyl (C=O) groups is 2. The number of rotatable bonds is 6. The van der Waals surface area contributed by atoms with Crippen molar-refractivity contribution in [1.82, 2.24) is 4.98 Å². The quantitative estimate of drug-likeness (QED) is 0.342. The number of aromatic nitrogens is 1. The smallest absolute Gasteiger partial charge is 0.255 e. The zero-order chi connectivity index (χ0) is 22.9. The summed E-state index contributed by atoms with van der Waals surface area (Å²) in [5, 5.41) is 6.91. The van der Waals surface area contributed by atoms with E-state index in [9.17, 15) is 9.59 Å². The summed E-state index contributed by atoms with van der Waals surface area (Å²) in [6.07, 6.45) is 1.82. The van der Waals surface area contributed by atoms with Crippen LogP contribution < -0.4 is 10.6 Å². The van der Waals surface area contributed by atoms with Crippen molar-refractivity contribution < 1.29 is 9.59 Å². The molecular weight excluding hydrogens is 454 g/mol. The Kier molecular flexibility index (Phi) is 5.87. The number of nitrogens with one attached hydrogen (secondary N) is 2. The monoisotopic (exact) mass is 475 g/mol. The molecule has 1 saturated carbocycles. The summed E-state index contributed by atoms with van der Waals surface area (Å²) in [7, 11) is 0. The van der Waals surface area contributed by atoms with Gasteiger partial charge < -0.3 is 10.6 Å². The Morgan fingerprint density at radius 3 is 2.67 bits per heavy atom. The maximum absolute atomic E-state index is 12.8. The highest BCUT2D eigenvalue weighted by molar-refractivity contribution is 7.22. The molecule has 4 aromatic rings. The van der Waals surface area contributed by atoms with Crippen molar-refractivity contribution in [3.05, 3.63) is 88.4 Å². The molecule has 5 rings (SSSR count). The number of hydrogen-bond donors (Lipinski definition) is 2. The summed E-state index contributed by atoms with van der Waals surface area (Å²) < 4.78 is 0.838. The maximum atomic E-state index is 12.8.